The minimum absolute atomic E-state index is 0.541. The Balaban J connectivity index is 1.74. The van der Waals surface area contributed by atoms with E-state index in [2.05, 4.69) is 10.3 Å². The maximum Gasteiger partial charge on any atom is 0.138 e. The second-order valence-corrected chi connectivity index (χ2v) is 5.21. The zero-order chi connectivity index (χ0) is 12.4. The summed E-state index contributed by atoms with van der Waals surface area (Å²) in [5.74, 6) is 0.990. The standard InChI is InChI=1S/C14H19N3O/c18-14(7-2-1-3-8-14)11-16-13-6-4-5-12-15-9-10-17(12)13/h4-6,9-10,16,18H,1-3,7-8,11H2. The topological polar surface area (TPSA) is 49.6 Å². The average molecular weight is 245 g/mol. The van der Waals surface area contributed by atoms with Crippen molar-refractivity contribution in [2.24, 2.45) is 0 Å². The van der Waals surface area contributed by atoms with Gasteiger partial charge in [0.25, 0.3) is 0 Å². The van der Waals surface area contributed by atoms with Crippen molar-refractivity contribution in [3.63, 3.8) is 0 Å². The number of anilines is 1. The van der Waals surface area contributed by atoms with Gasteiger partial charge in [-0.05, 0) is 25.0 Å². The number of pyridine rings is 1. The fourth-order valence-corrected chi connectivity index (χ4v) is 2.73. The van der Waals surface area contributed by atoms with Gasteiger partial charge in [0.1, 0.15) is 11.5 Å². The molecular weight excluding hydrogens is 226 g/mol. The molecule has 0 radical (unpaired) electrons. The lowest BCUT2D eigenvalue weighted by Crippen LogP contribution is -2.39. The normalized spacial score (nSPS) is 18.9. The molecule has 4 nitrogen and oxygen atoms in total. The zero-order valence-electron chi connectivity index (χ0n) is 10.5. The number of nitrogens with one attached hydrogen (secondary N) is 1. The Labute approximate surface area is 107 Å². The molecule has 0 aromatic carbocycles. The Morgan fingerprint density at radius 3 is 2.94 bits per heavy atom. The quantitative estimate of drug-likeness (QED) is 0.873. The molecule has 2 heterocycles. The number of imidazole rings is 1. The summed E-state index contributed by atoms with van der Waals surface area (Å²) in [6.07, 6.45) is 9.04. The Morgan fingerprint density at radius 1 is 1.28 bits per heavy atom. The molecule has 18 heavy (non-hydrogen) atoms. The third kappa shape index (κ3) is 2.20. The van der Waals surface area contributed by atoms with Crippen LogP contribution in [0, 0.1) is 0 Å². The highest BCUT2D eigenvalue weighted by molar-refractivity contribution is 5.49. The summed E-state index contributed by atoms with van der Waals surface area (Å²) in [5, 5.41) is 13.8. The van der Waals surface area contributed by atoms with Gasteiger partial charge in [0.05, 0.1) is 5.60 Å². The Kier molecular flexibility index (Phi) is 2.96. The van der Waals surface area contributed by atoms with E-state index in [4.69, 9.17) is 0 Å². The third-order valence-corrected chi connectivity index (χ3v) is 3.81. The fraction of sp³-hybridized carbons (Fsp3) is 0.500. The van der Waals surface area contributed by atoms with E-state index in [1.165, 1.54) is 6.42 Å². The molecule has 96 valence electrons. The summed E-state index contributed by atoms with van der Waals surface area (Å²) in [4.78, 5) is 4.25. The van der Waals surface area contributed by atoms with Crippen molar-refractivity contribution in [2.45, 2.75) is 37.7 Å². The van der Waals surface area contributed by atoms with Gasteiger partial charge in [-0.15, -0.1) is 0 Å². The van der Waals surface area contributed by atoms with Crippen molar-refractivity contribution in [3.05, 3.63) is 30.6 Å². The van der Waals surface area contributed by atoms with Gasteiger partial charge < -0.3 is 10.4 Å². The van der Waals surface area contributed by atoms with Crippen LogP contribution in [-0.2, 0) is 0 Å². The summed E-state index contributed by atoms with van der Waals surface area (Å²) in [6, 6.07) is 5.97. The van der Waals surface area contributed by atoms with Crippen LogP contribution in [0.2, 0.25) is 0 Å². The zero-order valence-corrected chi connectivity index (χ0v) is 10.5. The van der Waals surface area contributed by atoms with Gasteiger partial charge in [-0.25, -0.2) is 4.98 Å². The van der Waals surface area contributed by atoms with E-state index < -0.39 is 5.60 Å². The number of rotatable bonds is 3. The Hall–Kier alpha value is -1.55. The van der Waals surface area contributed by atoms with Crippen molar-refractivity contribution in [1.82, 2.24) is 9.38 Å². The minimum atomic E-state index is -0.541. The molecule has 0 atom stereocenters. The van der Waals surface area contributed by atoms with Gasteiger partial charge >= 0.3 is 0 Å². The summed E-state index contributed by atoms with van der Waals surface area (Å²) >= 11 is 0. The van der Waals surface area contributed by atoms with Crippen LogP contribution in [0.1, 0.15) is 32.1 Å². The SMILES string of the molecule is OC1(CNc2cccc3nccn23)CCCCC1. The third-order valence-electron chi connectivity index (χ3n) is 3.81. The van der Waals surface area contributed by atoms with E-state index in [0.29, 0.717) is 6.54 Å². The van der Waals surface area contributed by atoms with Crippen LogP contribution in [0.4, 0.5) is 5.82 Å². The molecular formula is C14H19N3O. The summed E-state index contributed by atoms with van der Waals surface area (Å²) in [7, 11) is 0. The number of hydrogen-bond acceptors (Lipinski definition) is 3. The fourth-order valence-electron chi connectivity index (χ4n) is 2.73. The van der Waals surface area contributed by atoms with E-state index in [1.54, 1.807) is 6.20 Å². The largest absolute Gasteiger partial charge is 0.388 e. The predicted octanol–water partition coefficient (Wildman–Crippen LogP) is 2.44. The molecule has 1 fully saturated rings. The number of aromatic nitrogens is 2. The molecule has 1 aliphatic rings. The highest BCUT2D eigenvalue weighted by Crippen LogP contribution is 2.28. The number of hydrogen-bond donors (Lipinski definition) is 2. The molecule has 2 aromatic rings. The summed E-state index contributed by atoms with van der Waals surface area (Å²) < 4.78 is 2.01. The first kappa shape index (κ1) is 11.5. The molecule has 4 heteroatoms. The van der Waals surface area contributed by atoms with Gasteiger partial charge in [0.15, 0.2) is 0 Å². The maximum absolute atomic E-state index is 10.5. The predicted molar refractivity (Wildman–Crippen MR) is 71.7 cm³/mol. The monoisotopic (exact) mass is 245 g/mol. The number of aliphatic hydroxyl groups is 1. The molecule has 2 N–H and O–H groups in total. The smallest absolute Gasteiger partial charge is 0.138 e. The lowest BCUT2D eigenvalue weighted by atomic mass is 9.85. The molecule has 2 aromatic heterocycles. The average Bonchev–Trinajstić information content (AvgIpc) is 2.86. The van der Waals surface area contributed by atoms with E-state index in [0.717, 1.165) is 37.1 Å². The summed E-state index contributed by atoms with van der Waals surface area (Å²) in [6.45, 7) is 0.615. The van der Waals surface area contributed by atoms with E-state index in [1.807, 2.05) is 28.8 Å². The number of nitrogens with zero attached hydrogens (tertiary/aromatic N) is 2. The lowest BCUT2D eigenvalue weighted by molar-refractivity contribution is 0.0166. The van der Waals surface area contributed by atoms with Gasteiger partial charge in [0, 0.05) is 18.9 Å². The first-order chi connectivity index (χ1) is 8.77. The molecule has 0 bridgehead atoms. The highest BCUT2D eigenvalue weighted by Gasteiger charge is 2.28. The molecule has 0 saturated heterocycles. The Morgan fingerprint density at radius 2 is 2.11 bits per heavy atom. The van der Waals surface area contributed by atoms with Gasteiger partial charge in [0.2, 0.25) is 0 Å². The van der Waals surface area contributed by atoms with Crippen LogP contribution in [0.3, 0.4) is 0 Å². The molecule has 1 aliphatic carbocycles. The van der Waals surface area contributed by atoms with E-state index in [9.17, 15) is 5.11 Å². The van der Waals surface area contributed by atoms with Crippen molar-refractivity contribution < 1.29 is 5.11 Å². The van der Waals surface area contributed by atoms with Crippen LogP contribution in [0.25, 0.3) is 5.65 Å². The second-order valence-electron chi connectivity index (χ2n) is 5.21. The molecule has 0 spiro atoms. The first-order valence-electron chi connectivity index (χ1n) is 6.65. The van der Waals surface area contributed by atoms with Crippen molar-refractivity contribution >= 4 is 11.5 Å². The van der Waals surface area contributed by atoms with Crippen LogP contribution in [-0.4, -0.2) is 26.6 Å². The molecule has 0 amide bonds. The van der Waals surface area contributed by atoms with Crippen LogP contribution >= 0.6 is 0 Å². The number of fused-ring (bicyclic) bond motifs is 1. The van der Waals surface area contributed by atoms with Crippen LogP contribution in [0.5, 0.6) is 0 Å². The second kappa shape index (κ2) is 4.61. The maximum atomic E-state index is 10.5. The van der Waals surface area contributed by atoms with Crippen molar-refractivity contribution in [1.29, 1.82) is 0 Å². The van der Waals surface area contributed by atoms with Crippen molar-refractivity contribution in [3.8, 4) is 0 Å². The van der Waals surface area contributed by atoms with Crippen LogP contribution in [0.15, 0.2) is 30.6 Å². The van der Waals surface area contributed by atoms with Gasteiger partial charge in [-0.3, -0.25) is 4.40 Å². The molecule has 0 unspecified atom stereocenters. The Bertz CT molecular complexity index is 529. The molecule has 3 rings (SSSR count). The first-order valence-corrected chi connectivity index (χ1v) is 6.65. The van der Waals surface area contributed by atoms with Crippen molar-refractivity contribution in [2.75, 3.05) is 11.9 Å². The van der Waals surface area contributed by atoms with E-state index in [-0.39, 0.29) is 0 Å². The van der Waals surface area contributed by atoms with E-state index >= 15 is 0 Å². The minimum Gasteiger partial charge on any atom is -0.388 e. The summed E-state index contributed by atoms with van der Waals surface area (Å²) in [5.41, 5.74) is 0.386. The highest BCUT2D eigenvalue weighted by atomic mass is 16.3. The lowest BCUT2D eigenvalue weighted by Gasteiger charge is -2.32. The van der Waals surface area contributed by atoms with Crippen LogP contribution < -0.4 is 5.32 Å². The molecule has 1 saturated carbocycles. The van der Waals surface area contributed by atoms with Gasteiger partial charge in [-0.1, -0.05) is 25.3 Å². The van der Waals surface area contributed by atoms with Gasteiger partial charge in [-0.2, -0.15) is 0 Å². The molecule has 0 aliphatic heterocycles.